The van der Waals surface area contributed by atoms with Gasteiger partial charge in [-0.25, -0.2) is 4.79 Å². The molecule has 0 saturated heterocycles. The summed E-state index contributed by atoms with van der Waals surface area (Å²) in [6, 6.07) is 15.9. The van der Waals surface area contributed by atoms with E-state index >= 15 is 0 Å². The lowest BCUT2D eigenvalue weighted by molar-refractivity contribution is -0.384. The Balaban J connectivity index is 1.42. The van der Waals surface area contributed by atoms with Gasteiger partial charge in [0.15, 0.2) is 0 Å². The SMILES string of the molecule is Cc1ccc(-n2nc3cc(C)c(NC(=O)NSC(=O)c4ccc([N+](=O)[O-])cc4)cc3n2)cc1. The van der Waals surface area contributed by atoms with Gasteiger partial charge in [-0.1, -0.05) is 17.7 Å². The Morgan fingerprint density at radius 2 is 1.61 bits per heavy atom. The fraction of sp³-hybridized carbons (Fsp3) is 0.0909. The number of hydrogen-bond donors (Lipinski definition) is 2. The molecule has 1 aromatic heterocycles. The minimum Gasteiger partial charge on any atom is -0.307 e. The van der Waals surface area contributed by atoms with Gasteiger partial charge in [0.2, 0.25) is 5.12 Å². The summed E-state index contributed by atoms with van der Waals surface area (Å²) in [5, 5.41) is 21.9. The molecule has 0 aliphatic rings. The first-order chi connectivity index (χ1) is 15.8. The van der Waals surface area contributed by atoms with Crippen LogP contribution in [-0.2, 0) is 0 Å². The second kappa shape index (κ2) is 9.09. The summed E-state index contributed by atoms with van der Waals surface area (Å²) in [5.74, 6) is 0. The average Bonchev–Trinajstić information content (AvgIpc) is 3.20. The summed E-state index contributed by atoms with van der Waals surface area (Å²) in [5.41, 5.74) is 4.66. The van der Waals surface area contributed by atoms with E-state index in [1.54, 1.807) is 6.07 Å². The molecular weight excluding hydrogens is 444 g/mol. The van der Waals surface area contributed by atoms with Gasteiger partial charge in [-0.3, -0.25) is 19.6 Å². The highest BCUT2D eigenvalue weighted by Gasteiger charge is 2.14. The van der Waals surface area contributed by atoms with E-state index in [0.29, 0.717) is 28.7 Å². The number of carbonyl (C=O) groups is 2. The number of nitro benzene ring substituents is 1. The topological polar surface area (TPSA) is 132 Å². The van der Waals surface area contributed by atoms with Gasteiger partial charge in [-0.2, -0.15) is 4.80 Å². The molecule has 4 aromatic rings. The summed E-state index contributed by atoms with van der Waals surface area (Å²) in [6.45, 7) is 3.83. The fourth-order valence-corrected chi connectivity index (χ4v) is 3.51. The van der Waals surface area contributed by atoms with E-state index in [1.165, 1.54) is 29.1 Å². The number of benzene rings is 3. The van der Waals surface area contributed by atoms with Crippen LogP contribution >= 0.6 is 11.9 Å². The molecule has 11 heteroatoms. The zero-order valence-electron chi connectivity index (χ0n) is 17.6. The molecule has 0 saturated carbocycles. The number of hydrogen-bond acceptors (Lipinski definition) is 7. The first kappa shape index (κ1) is 22.0. The maximum atomic E-state index is 12.3. The zero-order valence-corrected chi connectivity index (χ0v) is 18.4. The van der Waals surface area contributed by atoms with Crippen LogP contribution in [0.3, 0.4) is 0 Å². The van der Waals surface area contributed by atoms with E-state index in [2.05, 4.69) is 20.2 Å². The third-order valence-corrected chi connectivity index (χ3v) is 5.50. The van der Waals surface area contributed by atoms with Crippen molar-refractivity contribution in [2.45, 2.75) is 13.8 Å². The summed E-state index contributed by atoms with van der Waals surface area (Å²) in [6.07, 6.45) is 0. The van der Waals surface area contributed by atoms with Crippen molar-refractivity contribution in [3.05, 3.63) is 87.5 Å². The van der Waals surface area contributed by atoms with Gasteiger partial charge in [-0.15, -0.1) is 10.2 Å². The van der Waals surface area contributed by atoms with E-state index in [9.17, 15) is 19.7 Å². The quantitative estimate of drug-likeness (QED) is 0.258. The monoisotopic (exact) mass is 462 g/mol. The van der Waals surface area contributed by atoms with Crippen LogP contribution in [0, 0.1) is 24.0 Å². The molecule has 3 aromatic carbocycles. The minimum atomic E-state index is -0.594. The van der Waals surface area contributed by atoms with Crippen LogP contribution in [0.4, 0.5) is 16.2 Å². The lowest BCUT2D eigenvalue weighted by Gasteiger charge is -2.08. The summed E-state index contributed by atoms with van der Waals surface area (Å²) in [7, 11) is 0. The Bertz CT molecular complexity index is 1370. The number of nitro groups is 1. The van der Waals surface area contributed by atoms with E-state index in [1.807, 2.05) is 44.2 Å². The number of aromatic nitrogens is 3. The molecule has 2 N–H and O–H groups in total. The van der Waals surface area contributed by atoms with Crippen molar-refractivity contribution >= 4 is 45.5 Å². The molecular formula is C22H18N6O4S. The zero-order chi connectivity index (χ0) is 23.5. The number of anilines is 1. The van der Waals surface area contributed by atoms with Crippen molar-refractivity contribution in [2.24, 2.45) is 0 Å². The third kappa shape index (κ3) is 4.99. The Kier molecular flexibility index (Phi) is 6.05. The number of carbonyl (C=O) groups excluding carboxylic acids is 2. The van der Waals surface area contributed by atoms with E-state index in [-0.39, 0.29) is 11.3 Å². The molecule has 33 heavy (non-hydrogen) atoms. The maximum absolute atomic E-state index is 12.3. The Labute approximate surface area is 192 Å². The van der Waals surface area contributed by atoms with Crippen molar-refractivity contribution in [1.82, 2.24) is 19.7 Å². The Morgan fingerprint density at radius 3 is 2.24 bits per heavy atom. The largest absolute Gasteiger partial charge is 0.329 e. The molecule has 10 nitrogen and oxygen atoms in total. The van der Waals surface area contributed by atoms with Crippen molar-refractivity contribution in [1.29, 1.82) is 0 Å². The van der Waals surface area contributed by atoms with Crippen LogP contribution in [0.2, 0.25) is 0 Å². The number of rotatable bonds is 4. The average molecular weight is 462 g/mol. The lowest BCUT2D eigenvalue weighted by atomic mass is 10.2. The fourth-order valence-electron chi connectivity index (χ4n) is 3.01. The van der Waals surface area contributed by atoms with Crippen molar-refractivity contribution < 1.29 is 14.5 Å². The molecule has 166 valence electrons. The van der Waals surface area contributed by atoms with Gasteiger partial charge < -0.3 is 5.32 Å². The predicted octanol–water partition coefficient (Wildman–Crippen LogP) is 4.56. The molecule has 0 radical (unpaired) electrons. The first-order valence-corrected chi connectivity index (χ1v) is 10.6. The molecule has 0 spiro atoms. The summed E-state index contributed by atoms with van der Waals surface area (Å²) < 4.78 is 2.42. The van der Waals surface area contributed by atoms with Crippen LogP contribution in [0.1, 0.15) is 21.5 Å². The van der Waals surface area contributed by atoms with E-state index in [0.717, 1.165) is 16.8 Å². The number of nitrogens with zero attached hydrogens (tertiary/aromatic N) is 4. The van der Waals surface area contributed by atoms with Crippen molar-refractivity contribution in [2.75, 3.05) is 5.32 Å². The number of non-ortho nitro benzene ring substituents is 1. The van der Waals surface area contributed by atoms with Crippen LogP contribution in [0.15, 0.2) is 60.7 Å². The maximum Gasteiger partial charge on any atom is 0.329 e. The smallest absolute Gasteiger partial charge is 0.307 e. The van der Waals surface area contributed by atoms with Gasteiger partial charge in [0.05, 0.1) is 10.6 Å². The van der Waals surface area contributed by atoms with E-state index < -0.39 is 16.1 Å². The standard InChI is InChI=1S/C22H18N6O4S/c1-13-3-7-16(8-4-13)27-24-19-11-14(2)18(12-20(19)25-27)23-22(30)26-33-21(29)15-5-9-17(10-6-15)28(31)32/h3-12H,1-2H3,(H2,23,26,30). The van der Waals surface area contributed by atoms with Crippen molar-refractivity contribution in [3.63, 3.8) is 0 Å². The minimum absolute atomic E-state index is 0.118. The van der Waals surface area contributed by atoms with E-state index in [4.69, 9.17) is 0 Å². The molecule has 0 fully saturated rings. The number of fused-ring (bicyclic) bond motifs is 1. The summed E-state index contributed by atoms with van der Waals surface area (Å²) >= 11 is 0.580. The van der Waals surface area contributed by atoms with Crippen molar-refractivity contribution in [3.8, 4) is 5.69 Å². The molecule has 1 heterocycles. The molecule has 0 aliphatic heterocycles. The van der Waals surface area contributed by atoms with Crippen LogP contribution in [0.5, 0.6) is 0 Å². The molecule has 0 aliphatic carbocycles. The van der Waals surface area contributed by atoms with Gasteiger partial charge in [0.25, 0.3) is 5.69 Å². The van der Waals surface area contributed by atoms with Gasteiger partial charge in [0.1, 0.15) is 11.0 Å². The normalized spacial score (nSPS) is 10.7. The highest BCUT2D eigenvalue weighted by molar-refractivity contribution is 8.12. The first-order valence-electron chi connectivity index (χ1n) is 9.77. The Morgan fingerprint density at radius 1 is 0.970 bits per heavy atom. The van der Waals surface area contributed by atoms with Crippen LogP contribution in [0.25, 0.3) is 16.7 Å². The van der Waals surface area contributed by atoms with Crippen LogP contribution < -0.4 is 10.0 Å². The predicted molar refractivity (Wildman–Crippen MR) is 126 cm³/mol. The number of urea groups is 1. The Hall–Kier alpha value is -4.25. The molecule has 0 unspecified atom stereocenters. The molecule has 2 amide bonds. The second-order valence-electron chi connectivity index (χ2n) is 7.23. The van der Waals surface area contributed by atoms with Gasteiger partial charge in [-0.05, 0) is 55.8 Å². The summed E-state index contributed by atoms with van der Waals surface area (Å²) in [4.78, 5) is 36.2. The molecule has 4 rings (SSSR count). The number of nitrogens with one attached hydrogen (secondary N) is 2. The number of amides is 2. The number of aryl methyl sites for hydroxylation is 2. The highest BCUT2D eigenvalue weighted by atomic mass is 32.2. The van der Waals surface area contributed by atoms with Gasteiger partial charge in [0, 0.05) is 35.3 Å². The molecule has 0 atom stereocenters. The lowest BCUT2D eigenvalue weighted by Crippen LogP contribution is -2.24. The molecule has 0 bridgehead atoms. The van der Waals surface area contributed by atoms with Crippen LogP contribution in [-0.4, -0.2) is 31.1 Å². The highest BCUT2D eigenvalue weighted by Crippen LogP contribution is 2.23. The second-order valence-corrected chi connectivity index (χ2v) is 8.01. The third-order valence-electron chi connectivity index (χ3n) is 4.79. The van der Waals surface area contributed by atoms with Gasteiger partial charge >= 0.3 is 6.03 Å².